The summed E-state index contributed by atoms with van der Waals surface area (Å²) in [6.45, 7) is 4.20. The van der Waals surface area contributed by atoms with E-state index >= 15 is 0 Å². The van der Waals surface area contributed by atoms with Gasteiger partial charge in [-0.2, -0.15) is 0 Å². The Morgan fingerprint density at radius 3 is 2.73 bits per heavy atom. The van der Waals surface area contributed by atoms with E-state index in [-0.39, 0.29) is 17.8 Å². The first-order valence-electron chi connectivity index (χ1n) is 5.65. The number of carbonyl (C=O) groups is 1. The number of hydrogen-bond donors (Lipinski definition) is 1. The summed E-state index contributed by atoms with van der Waals surface area (Å²) in [5, 5.41) is 9.28. The fraction of sp³-hybridized carbons (Fsp3) is 0.615. The number of aliphatic hydroxyl groups is 1. The number of Topliss-reactive ketones (excluding diaryl/α,β-unsaturated/α-hetero) is 1. The fourth-order valence-corrected chi connectivity index (χ4v) is 3.13. The first-order chi connectivity index (χ1) is 7.13. The Kier molecular flexibility index (Phi) is 2.55. The van der Waals surface area contributed by atoms with Crippen molar-refractivity contribution in [3.8, 4) is 0 Å². The molecule has 1 fully saturated rings. The third kappa shape index (κ3) is 1.39. The van der Waals surface area contributed by atoms with E-state index < -0.39 is 0 Å². The normalized spacial score (nSPS) is 33.8. The van der Waals surface area contributed by atoms with Crippen LogP contribution in [0.1, 0.15) is 39.5 Å². The lowest BCUT2D eigenvalue weighted by Gasteiger charge is -2.33. The Bertz CT molecular complexity index is 363. The van der Waals surface area contributed by atoms with Gasteiger partial charge in [0.15, 0.2) is 5.78 Å². The van der Waals surface area contributed by atoms with Gasteiger partial charge in [0.05, 0.1) is 6.61 Å². The third-order valence-electron chi connectivity index (χ3n) is 4.08. The molecule has 0 aromatic carbocycles. The summed E-state index contributed by atoms with van der Waals surface area (Å²) < 4.78 is 0. The van der Waals surface area contributed by atoms with Crippen molar-refractivity contribution >= 4 is 5.78 Å². The third-order valence-corrected chi connectivity index (χ3v) is 4.08. The highest BCUT2D eigenvalue weighted by Gasteiger charge is 2.43. The molecule has 0 radical (unpaired) electrons. The second-order valence-corrected chi connectivity index (χ2v) is 4.68. The van der Waals surface area contributed by atoms with Crippen LogP contribution in [0, 0.1) is 5.41 Å². The summed E-state index contributed by atoms with van der Waals surface area (Å²) in [4.78, 5) is 11.7. The SMILES string of the molecule is CC=C1CCC2=C(CO)C(=O)CC[C@@]12C. The predicted octanol–water partition coefficient (Wildman–Crippen LogP) is 2.38. The maximum absolute atomic E-state index is 11.7. The van der Waals surface area contributed by atoms with Crippen molar-refractivity contribution < 1.29 is 9.90 Å². The summed E-state index contributed by atoms with van der Waals surface area (Å²) in [7, 11) is 0. The van der Waals surface area contributed by atoms with Crippen LogP contribution < -0.4 is 0 Å². The minimum atomic E-state index is -0.0826. The molecule has 2 nitrogen and oxygen atoms in total. The van der Waals surface area contributed by atoms with Crippen molar-refractivity contribution in [1.82, 2.24) is 0 Å². The largest absolute Gasteiger partial charge is 0.392 e. The zero-order chi connectivity index (χ0) is 11.1. The van der Waals surface area contributed by atoms with E-state index in [9.17, 15) is 9.90 Å². The minimum absolute atomic E-state index is 0.0702. The van der Waals surface area contributed by atoms with Crippen molar-refractivity contribution in [3.63, 3.8) is 0 Å². The number of aliphatic hydroxyl groups excluding tert-OH is 1. The molecular formula is C13H18O2. The molecule has 1 N–H and O–H groups in total. The maximum Gasteiger partial charge on any atom is 0.161 e. The van der Waals surface area contributed by atoms with Gasteiger partial charge in [-0.05, 0) is 26.2 Å². The van der Waals surface area contributed by atoms with Gasteiger partial charge in [-0.1, -0.05) is 24.1 Å². The van der Waals surface area contributed by atoms with Crippen LogP contribution in [0.2, 0.25) is 0 Å². The molecule has 0 unspecified atom stereocenters. The number of rotatable bonds is 1. The molecule has 0 bridgehead atoms. The molecule has 2 aliphatic rings. The van der Waals surface area contributed by atoms with E-state index in [1.54, 1.807) is 0 Å². The molecule has 0 aliphatic heterocycles. The van der Waals surface area contributed by atoms with Gasteiger partial charge in [0, 0.05) is 17.4 Å². The second-order valence-electron chi connectivity index (χ2n) is 4.68. The molecule has 1 saturated carbocycles. The van der Waals surface area contributed by atoms with E-state index in [2.05, 4.69) is 19.9 Å². The number of carbonyl (C=O) groups excluding carboxylic acids is 1. The fourth-order valence-electron chi connectivity index (χ4n) is 3.13. The smallest absolute Gasteiger partial charge is 0.161 e. The van der Waals surface area contributed by atoms with Crippen LogP contribution >= 0.6 is 0 Å². The van der Waals surface area contributed by atoms with Gasteiger partial charge in [0.2, 0.25) is 0 Å². The van der Waals surface area contributed by atoms with E-state index in [0.29, 0.717) is 12.0 Å². The summed E-state index contributed by atoms with van der Waals surface area (Å²) in [5.41, 5.74) is 3.41. The predicted molar refractivity (Wildman–Crippen MR) is 59.5 cm³/mol. The molecule has 0 aromatic rings. The molecule has 0 spiro atoms. The van der Waals surface area contributed by atoms with Crippen molar-refractivity contribution in [1.29, 1.82) is 0 Å². The second kappa shape index (κ2) is 3.60. The van der Waals surface area contributed by atoms with Gasteiger partial charge in [-0.25, -0.2) is 0 Å². The van der Waals surface area contributed by atoms with Gasteiger partial charge in [0.25, 0.3) is 0 Å². The van der Waals surface area contributed by atoms with Crippen molar-refractivity contribution in [3.05, 3.63) is 22.8 Å². The van der Waals surface area contributed by atoms with Gasteiger partial charge < -0.3 is 5.11 Å². The van der Waals surface area contributed by atoms with Crippen molar-refractivity contribution in [2.45, 2.75) is 39.5 Å². The van der Waals surface area contributed by atoms with Crippen LogP contribution in [-0.2, 0) is 4.79 Å². The lowest BCUT2D eigenvalue weighted by molar-refractivity contribution is -0.117. The molecule has 15 heavy (non-hydrogen) atoms. The van der Waals surface area contributed by atoms with E-state index in [1.165, 1.54) is 11.1 Å². The minimum Gasteiger partial charge on any atom is -0.392 e. The van der Waals surface area contributed by atoms with Crippen molar-refractivity contribution in [2.24, 2.45) is 5.41 Å². The summed E-state index contributed by atoms with van der Waals surface area (Å²) in [6.07, 6.45) is 5.70. The Balaban J connectivity index is 2.53. The zero-order valence-electron chi connectivity index (χ0n) is 9.47. The lowest BCUT2D eigenvalue weighted by atomic mass is 9.70. The van der Waals surface area contributed by atoms with Crippen LogP contribution in [0.15, 0.2) is 22.8 Å². The van der Waals surface area contributed by atoms with Gasteiger partial charge in [-0.3, -0.25) is 4.79 Å². The molecule has 82 valence electrons. The number of ketones is 1. The van der Waals surface area contributed by atoms with Crippen LogP contribution in [0.5, 0.6) is 0 Å². The van der Waals surface area contributed by atoms with E-state index in [0.717, 1.165) is 19.3 Å². The number of allylic oxidation sites excluding steroid dienone is 3. The van der Waals surface area contributed by atoms with Crippen molar-refractivity contribution in [2.75, 3.05) is 6.61 Å². The summed E-state index contributed by atoms with van der Waals surface area (Å²) in [5.74, 6) is 0.155. The maximum atomic E-state index is 11.7. The number of fused-ring (bicyclic) bond motifs is 1. The molecule has 2 heteroatoms. The zero-order valence-corrected chi connectivity index (χ0v) is 9.47. The van der Waals surface area contributed by atoms with Gasteiger partial charge in [0.1, 0.15) is 0 Å². The molecule has 1 atom stereocenters. The van der Waals surface area contributed by atoms with Crippen LogP contribution in [-0.4, -0.2) is 17.5 Å². The molecule has 2 rings (SSSR count). The highest BCUT2D eigenvalue weighted by Crippen LogP contribution is 2.53. The quantitative estimate of drug-likeness (QED) is 0.669. The monoisotopic (exact) mass is 206 g/mol. The molecule has 0 heterocycles. The topological polar surface area (TPSA) is 37.3 Å². The van der Waals surface area contributed by atoms with Gasteiger partial charge >= 0.3 is 0 Å². The van der Waals surface area contributed by atoms with Crippen LogP contribution in [0.3, 0.4) is 0 Å². The Morgan fingerprint density at radius 2 is 2.13 bits per heavy atom. The average Bonchev–Trinajstić information content (AvgIpc) is 2.56. The summed E-state index contributed by atoms with van der Waals surface area (Å²) >= 11 is 0. The highest BCUT2D eigenvalue weighted by atomic mass is 16.3. The van der Waals surface area contributed by atoms with Gasteiger partial charge in [-0.15, -0.1) is 0 Å². The van der Waals surface area contributed by atoms with E-state index in [1.807, 2.05) is 0 Å². The average molecular weight is 206 g/mol. The summed E-state index contributed by atoms with van der Waals surface area (Å²) in [6, 6.07) is 0. The molecule has 0 saturated heterocycles. The standard InChI is InChI=1S/C13H18O2/c1-3-9-4-5-11-10(8-14)12(15)6-7-13(9,11)2/h3,14H,4-8H2,1-2H3/t13-/m0/s1. The molecular weight excluding hydrogens is 188 g/mol. The Morgan fingerprint density at radius 1 is 1.40 bits per heavy atom. The Labute approximate surface area is 90.7 Å². The van der Waals surface area contributed by atoms with E-state index in [4.69, 9.17) is 0 Å². The number of hydrogen-bond acceptors (Lipinski definition) is 2. The molecule has 0 amide bonds. The highest BCUT2D eigenvalue weighted by molar-refractivity contribution is 5.98. The lowest BCUT2D eigenvalue weighted by Crippen LogP contribution is -2.27. The molecule has 0 aromatic heterocycles. The van der Waals surface area contributed by atoms with Crippen LogP contribution in [0.25, 0.3) is 0 Å². The first-order valence-corrected chi connectivity index (χ1v) is 5.65. The first kappa shape index (κ1) is 10.6. The molecule has 2 aliphatic carbocycles. The van der Waals surface area contributed by atoms with Crippen LogP contribution in [0.4, 0.5) is 0 Å². The Hall–Kier alpha value is -0.890.